The Hall–Kier alpha value is 0.680. The van der Waals surface area contributed by atoms with Crippen LogP contribution in [0.15, 0.2) is 0 Å². The molecule has 0 atom stereocenters. The van der Waals surface area contributed by atoms with Crippen LogP contribution in [0.1, 0.15) is 0 Å². The van der Waals surface area contributed by atoms with E-state index in [1.807, 2.05) is 0 Å². The van der Waals surface area contributed by atoms with Crippen molar-refractivity contribution >= 4 is 139 Å². The van der Waals surface area contributed by atoms with Gasteiger partial charge in [0.05, 0.1) is 30.1 Å². The molecule has 0 aliphatic heterocycles. The Morgan fingerprint density at radius 2 is 0.297 bits per heavy atom. The van der Waals surface area contributed by atoms with Crippen LogP contribution in [-0.2, 0) is 22.4 Å². The van der Waals surface area contributed by atoms with Crippen molar-refractivity contribution in [2.45, 2.75) is 0 Å². The average Bonchev–Trinajstić information content (AvgIpc) is 2.87. The second-order valence-corrected chi connectivity index (χ2v) is 10.4. The molecule has 0 aromatic heterocycles. The van der Waals surface area contributed by atoms with E-state index in [0.717, 1.165) is 0 Å². The Labute approximate surface area is 284 Å². The first-order valence-electron chi connectivity index (χ1n) is 8.11. The fourth-order valence-corrected chi connectivity index (χ4v) is 4.32. The fourth-order valence-electron chi connectivity index (χ4n) is 1.83. The maximum absolute atomic E-state index is 9.08. The molecule has 6 nitrogen and oxygen atoms in total. The predicted octanol–water partition coefficient (Wildman–Crippen LogP) is 11.1. The predicted molar refractivity (Wildman–Crippen MR) is 149 cm³/mol. The molecule has 3 aromatic rings. The maximum Gasteiger partial charge on any atom is 0.179 e. The molecule has 3 aromatic carbocycles. The summed E-state index contributed by atoms with van der Waals surface area (Å²) >= 11 is 66.1. The summed E-state index contributed by atoms with van der Waals surface area (Å²) in [5, 5.41) is 52.7. The first-order chi connectivity index (χ1) is 16.4. The Bertz CT molecular complexity index is 863. The van der Waals surface area contributed by atoms with Crippen LogP contribution in [0.25, 0.3) is 0 Å². The first kappa shape index (κ1) is 37.7. The van der Waals surface area contributed by atoms with E-state index in [1.54, 1.807) is 0 Å². The largest absolute Gasteiger partial charge is 0.503 e. The van der Waals surface area contributed by atoms with Crippen LogP contribution in [0.4, 0.5) is 0 Å². The molecule has 1 radical (unpaired) electrons. The van der Waals surface area contributed by atoms with Crippen molar-refractivity contribution in [3.63, 3.8) is 0 Å². The molecule has 0 unspecified atom stereocenters. The van der Waals surface area contributed by atoms with Crippen LogP contribution in [0.5, 0.6) is 34.5 Å². The van der Waals surface area contributed by atoms with Crippen molar-refractivity contribution in [1.82, 2.24) is 0 Å². The number of aromatic hydroxyl groups is 6. The zero-order valence-corrected chi connectivity index (χ0v) is 27.9. The van der Waals surface area contributed by atoms with Crippen LogP contribution in [0.2, 0.25) is 60.3 Å². The maximum atomic E-state index is 9.08. The third kappa shape index (κ3) is 8.35. The van der Waals surface area contributed by atoms with E-state index in [4.69, 9.17) is 170 Å². The van der Waals surface area contributed by atoms with Crippen molar-refractivity contribution in [2.24, 2.45) is 0 Å². The molecule has 3 rings (SSSR count). The summed E-state index contributed by atoms with van der Waals surface area (Å²) in [6.07, 6.45) is 0. The standard InChI is InChI=1S/3C6H2Cl4O2.Nb/c3*7-1-2(8)4(10)6(12)5(11)3(1)9;/h3*11-12H;. The van der Waals surface area contributed by atoms with Crippen LogP contribution in [-0.4, -0.2) is 30.6 Å². The normalized spacial score (nSPS) is 10.1. The zero-order chi connectivity index (χ0) is 28.4. The van der Waals surface area contributed by atoms with Crippen molar-refractivity contribution in [3.8, 4) is 34.5 Å². The topological polar surface area (TPSA) is 121 Å². The third-order valence-corrected chi connectivity index (χ3v) is 9.00. The fraction of sp³-hybridized carbons (Fsp3) is 0. The summed E-state index contributed by atoms with van der Waals surface area (Å²) in [6.45, 7) is 0. The molecule has 0 saturated heterocycles. The second-order valence-electron chi connectivity index (χ2n) is 5.86. The molecule has 0 aliphatic carbocycles. The zero-order valence-electron chi connectivity index (χ0n) is 16.7. The summed E-state index contributed by atoms with van der Waals surface area (Å²) in [7, 11) is 0. The van der Waals surface area contributed by atoms with Crippen molar-refractivity contribution in [3.05, 3.63) is 60.3 Å². The van der Waals surface area contributed by atoms with Gasteiger partial charge in [-0.05, 0) is 0 Å². The van der Waals surface area contributed by atoms with Gasteiger partial charge >= 0.3 is 0 Å². The minimum atomic E-state index is -0.573. The molecule has 0 fully saturated rings. The molecule has 203 valence electrons. The van der Waals surface area contributed by atoms with Gasteiger partial charge in [0.25, 0.3) is 0 Å². The molecule has 37 heavy (non-hydrogen) atoms. The Morgan fingerprint density at radius 3 is 0.378 bits per heavy atom. The van der Waals surface area contributed by atoms with Gasteiger partial charge < -0.3 is 30.6 Å². The minimum absolute atomic E-state index is 0. The molecular weight excluding hydrogens is 831 g/mol. The minimum Gasteiger partial charge on any atom is -0.503 e. The summed E-state index contributed by atoms with van der Waals surface area (Å²) < 4.78 is 0. The number of rotatable bonds is 0. The van der Waals surface area contributed by atoms with E-state index >= 15 is 0 Å². The van der Waals surface area contributed by atoms with Crippen molar-refractivity contribution < 1.29 is 53.0 Å². The first-order valence-corrected chi connectivity index (χ1v) is 12.6. The number of phenolic OH excluding ortho intramolecular Hbond substituents is 6. The van der Waals surface area contributed by atoms with Gasteiger partial charge in [0.2, 0.25) is 0 Å². The molecule has 0 aliphatic rings. The Kier molecular flexibility index (Phi) is 15.9. The summed E-state index contributed by atoms with van der Waals surface area (Å²) in [5.41, 5.74) is 0. The van der Waals surface area contributed by atoms with Crippen LogP contribution >= 0.6 is 139 Å². The SMILES string of the molecule is Oc1c(O)c(Cl)c(Cl)c(Cl)c1Cl.Oc1c(O)c(Cl)c(Cl)c(Cl)c1Cl.Oc1c(O)c(Cl)c(Cl)c(Cl)c1Cl.[Nb]. The van der Waals surface area contributed by atoms with E-state index in [9.17, 15) is 0 Å². The van der Waals surface area contributed by atoms with Crippen LogP contribution in [0.3, 0.4) is 0 Å². The van der Waals surface area contributed by atoms with Crippen molar-refractivity contribution in [1.29, 1.82) is 0 Å². The molecule has 0 saturated carbocycles. The van der Waals surface area contributed by atoms with Crippen molar-refractivity contribution in [2.75, 3.05) is 0 Å². The van der Waals surface area contributed by atoms with E-state index in [0.29, 0.717) is 0 Å². The number of benzene rings is 3. The molecule has 0 spiro atoms. The van der Waals surface area contributed by atoms with Gasteiger partial charge in [0.15, 0.2) is 34.5 Å². The number of hydrogen-bond acceptors (Lipinski definition) is 6. The average molecular weight is 837 g/mol. The van der Waals surface area contributed by atoms with Gasteiger partial charge in [-0.15, -0.1) is 0 Å². The summed E-state index contributed by atoms with van der Waals surface area (Å²) in [4.78, 5) is 0. The Balaban J connectivity index is 0.000000518. The smallest absolute Gasteiger partial charge is 0.179 e. The third-order valence-electron chi connectivity index (χ3n) is 3.65. The van der Waals surface area contributed by atoms with E-state index in [-0.39, 0.29) is 82.7 Å². The molecule has 6 N–H and O–H groups in total. The number of phenols is 6. The van der Waals surface area contributed by atoms with Gasteiger partial charge in [-0.3, -0.25) is 0 Å². The molecule has 0 bridgehead atoms. The van der Waals surface area contributed by atoms with E-state index in [1.165, 1.54) is 0 Å². The van der Waals surface area contributed by atoms with Crippen LogP contribution < -0.4 is 0 Å². The number of halogens is 12. The van der Waals surface area contributed by atoms with Crippen LogP contribution in [0, 0.1) is 0 Å². The second kappa shape index (κ2) is 15.6. The summed E-state index contributed by atoms with van der Waals surface area (Å²) in [6, 6.07) is 0. The molecule has 19 heteroatoms. The Morgan fingerprint density at radius 1 is 0.216 bits per heavy atom. The quantitative estimate of drug-likeness (QED) is 0.0581. The van der Waals surface area contributed by atoms with Gasteiger partial charge in [0, 0.05) is 22.4 Å². The van der Waals surface area contributed by atoms with Gasteiger partial charge in [0.1, 0.15) is 30.1 Å². The van der Waals surface area contributed by atoms with Gasteiger partial charge in [-0.2, -0.15) is 0 Å². The van der Waals surface area contributed by atoms with Gasteiger partial charge in [-0.25, -0.2) is 0 Å². The molecule has 0 amide bonds. The number of hydrogen-bond donors (Lipinski definition) is 6. The molecular formula is C18H6Cl12NbO6. The monoisotopic (exact) mass is 831 g/mol. The van der Waals surface area contributed by atoms with E-state index < -0.39 is 34.5 Å². The van der Waals surface area contributed by atoms with Gasteiger partial charge in [-0.1, -0.05) is 139 Å². The van der Waals surface area contributed by atoms with E-state index in [2.05, 4.69) is 0 Å². The summed E-state index contributed by atoms with van der Waals surface area (Å²) in [5.74, 6) is -3.44. The molecule has 0 heterocycles.